The number of halogens is 3. The molecule has 23 heavy (non-hydrogen) atoms. The zero-order valence-electron chi connectivity index (χ0n) is 12.4. The van der Waals surface area contributed by atoms with Gasteiger partial charge < -0.3 is 14.8 Å². The van der Waals surface area contributed by atoms with Gasteiger partial charge in [-0.15, -0.1) is 11.3 Å². The second kappa shape index (κ2) is 6.32. The minimum absolute atomic E-state index is 0.187. The van der Waals surface area contributed by atoms with Crippen LogP contribution in [0.4, 0.5) is 18.3 Å². The molecule has 0 bridgehead atoms. The summed E-state index contributed by atoms with van der Waals surface area (Å²) in [7, 11) is 0. The van der Waals surface area contributed by atoms with Crippen LogP contribution in [0.2, 0.25) is 0 Å². The quantitative estimate of drug-likeness (QED) is 0.868. The third-order valence-corrected chi connectivity index (χ3v) is 4.00. The molecule has 0 radical (unpaired) electrons. The molecule has 0 aromatic carbocycles. The van der Waals surface area contributed by atoms with E-state index in [1.807, 2.05) is 6.92 Å². The monoisotopic (exact) mass is 348 g/mol. The molecule has 0 saturated heterocycles. The molecular weight excluding hydrogens is 333 g/mol. The molecule has 2 heterocycles. The number of rotatable bonds is 5. The number of anilines is 1. The summed E-state index contributed by atoms with van der Waals surface area (Å²) < 4.78 is 44.6. The van der Waals surface area contributed by atoms with Gasteiger partial charge in [0.25, 0.3) is 0 Å². The molecule has 0 aliphatic rings. The highest BCUT2D eigenvalue weighted by atomic mass is 32.1. The number of hydrogen-bond donors (Lipinski definition) is 2. The molecule has 1 amide bonds. The average Bonchev–Trinajstić information content (AvgIpc) is 3.06. The molecule has 1 unspecified atom stereocenters. The second-order valence-corrected chi connectivity index (χ2v) is 5.85. The van der Waals surface area contributed by atoms with Crippen molar-refractivity contribution < 1.29 is 27.5 Å². The maximum Gasteiger partial charge on any atom is 0.425 e. The summed E-state index contributed by atoms with van der Waals surface area (Å²) >= 11 is 1.11. The summed E-state index contributed by atoms with van der Waals surface area (Å²) in [4.78, 5) is 15.9. The Morgan fingerprint density at radius 3 is 2.61 bits per heavy atom. The summed E-state index contributed by atoms with van der Waals surface area (Å²) in [6, 6.07) is 2.30. The van der Waals surface area contributed by atoms with Crippen molar-refractivity contribution in [1.29, 1.82) is 0 Å². The maximum atomic E-state index is 13.3. The van der Waals surface area contributed by atoms with Gasteiger partial charge in [0.1, 0.15) is 11.5 Å². The number of alkyl halides is 3. The molecule has 0 aliphatic carbocycles. The Morgan fingerprint density at radius 1 is 1.43 bits per heavy atom. The standard InChI is InChI=1S/C14H15F3N2O3S/c1-3-9-7-23-12(18-9)19-11(20)6-13(21,14(15,16)17)10-5-4-8(2)22-10/h4-5,7,21H,3,6H2,1-2H3,(H,18,19,20). The Morgan fingerprint density at radius 2 is 2.13 bits per heavy atom. The molecule has 2 N–H and O–H groups in total. The van der Waals surface area contributed by atoms with Crippen LogP contribution >= 0.6 is 11.3 Å². The van der Waals surface area contributed by atoms with E-state index in [9.17, 15) is 23.1 Å². The van der Waals surface area contributed by atoms with Gasteiger partial charge in [-0.1, -0.05) is 6.92 Å². The number of aliphatic hydroxyl groups is 1. The molecule has 5 nitrogen and oxygen atoms in total. The van der Waals surface area contributed by atoms with Crippen molar-refractivity contribution in [2.75, 3.05) is 5.32 Å². The lowest BCUT2D eigenvalue weighted by molar-refractivity contribution is -0.272. The number of aryl methyl sites for hydroxylation is 2. The molecule has 0 fully saturated rings. The third-order valence-electron chi connectivity index (χ3n) is 3.19. The first-order chi connectivity index (χ1) is 10.7. The molecule has 0 saturated carbocycles. The van der Waals surface area contributed by atoms with Crippen molar-refractivity contribution in [3.05, 3.63) is 34.7 Å². The molecule has 2 rings (SSSR count). The first-order valence-corrected chi connectivity index (χ1v) is 7.64. The first kappa shape index (κ1) is 17.5. The van der Waals surface area contributed by atoms with Gasteiger partial charge in [-0.3, -0.25) is 4.79 Å². The number of thiazole rings is 1. The van der Waals surface area contributed by atoms with E-state index < -0.39 is 29.9 Å². The Bertz CT molecular complexity index is 695. The van der Waals surface area contributed by atoms with Crippen LogP contribution in [0, 0.1) is 6.92 Å². The van der Waals surface area contributed by atoms with Crippen molar-refractivity contribution in [2.24, 2.45) is 0 Å². The Labute approximate surface area is 134 Å². The number of hydrogen-bond acceptors (Lipinski definition) is 5. The molecule has 2 aromatic heterocycles. The fourth-order valence-electron chi connectivity index (χ4n) is 1.91. The van der Waals surface area contributed by atoms with Gasteiger partial charge >= 0.3 is 6.18 Å². The van der Waals surface area contributed by atoms with E-state index in [-0.39, 0.29) is 10.9 Å². The summed E-state index contributed by atoms with van der Waals surface area (Å²) in [6.07, 6.45) is -5.64. The van der Waals surface area contributed by atoms with Crippen LogP contribution in [0.15, 0.2) is 21.9 Å². The SMILES string of the molecule is CCc1csc(NC(=O)CC(O)(c2ccc(C)o2)C(F)(F)F)n1. The number of amides is 1. The average molecular weight is 348 g/mol. The van der Waals surface area contributed by atoms with E-state index in [0.29, 0.717) is 6.42 Å². The largest absolute Gasteiger partial charge is 0.463 e. The fraction of sp³-hybridized carbons (Fsp3) is 0.429. The maximum absolute atomic E-state index is 13.3. The Balaban J connectivity index is 2.19. The van der Waals surface area contributed by atoms with Crippen molar-refractivity contribution in [2.45, 2.75) is 38.5 Å². The lowest BCUT2D eigenvalue weighted by atomic mass is 9.95. The minimum Gasteiger partial charge on any atom is -0.463 e. The molecular formula is C14H15F3N2O3S. The molecule has 1 atom stereocenters. The normalized spacial score (nSPS) is 14.5. The van der Waals surface area contributed by atoms with Crippen molar-refractivity contribution in [3.63, 3.8) is 0 Å². The highest BCUT2D eigenvalue weighted by molar-refractivity contribution is 7.13. The van der Waals surface area contributed by atoms with Crippen LogP contribution in [0.5, 0.6) is 0 Å². The zero-order chi connectivity index (χ0) is 17.3. The predicted molar refractivity (Wildman–Crippen MR) is 78.1 cm³/mol. The van der Waals surface area contributed by atoms with E-state index in [0.717, 1.165) is 23.1 Å². The van der Waals surface area contributed by atoms with Crippen LogP contribution in [0.1, 0.15) is 30.6 Å². The van der Waals surface area contributed by atoms with Gasteiger partial charge in [0.05, 0.1) is 12.1 Å². The number of nitrogens with one attached hydrogen (secondary N) is 1. The summed E-state index contributed by atoms with van der Waals surface area (Å²) in [5.74, 6) is -1.52. The Kier molecular flexibility index (Phi) is 4.81. The van der Waals surface area contributed by atoms with E-state index in [2.05, 4.69) is 10.3 Å². The number of nitrogens with zero attached hydrogens (tertiary/aromatic N) is 1. The number of carbonyl (C=O) groups excluding carboxylic acids is 1. The summed E-state index contributed by atoms with van der Waals surface area (Å²) in [5, 5.41) is 14.2. The summed E-state index contributed by atoms with van der Waals surface area (Å²) in [6.45, 7) is 3.31. The second-order valence-electron chi connectivity index (χ2n) is 4.99. The van der Waals surface area contributed by atoms with Crippen molar-refractivity contribution in [3.8, 4) is 0 Å². The van der Waals surface area contributed by atoms with Crippen LogP contribution in [-0.2, 0) is 16.8 Å². The van der Waals surface area contributed by atoms with E-state index in [1.165, 1.54) is 13.0 Å². The van der Waals surface area contributed by atoms with E-state index >= 15 is 0 Å². The molecule has 0 spiro atoms. The molecule has 2 aromatic rings. The van der Waals surface area contributed by atoms with Crippen LogP contribution in [0.3, 0.4) is 0 Å². The predicted octanol–water partition coefficient (Wildman–Crippen LogP) is 3.39. The third kappa shape index (κ3) is 3.73. The lowest BCUT2D eigenvalue weighted by Crippen LogP contribution is -2.44. The van der Waals surface area contributed by atoms with Gasteiger partial charge in [0.15, 0.2) is 5.13 Å². The van der Waals surface area contributed by atoms with E-state index in [1.54, 1.807) is 5.38 Å². The first-order valence-electron chi connectivity index (χ1n) is 6.76. The number of furan rings is 1. The zero-order valence-corrected chi connectivity index (χ0v) is 13.2. The van der Waals surface area contributed by atoms with Crippen LogP contribution in [-0.4, -0.2) is 22.2 Å². The number of carbonyl (C=O) groups is 1. The molecule has 126 valence electrons. The van der Waals surface area contributed by atoms with Gasteiger partial charge in [-0.25, -0.2) is 4.98 Å². The summed E-state index contributed by atoms with van der Waals surface area (Å²) in [5.41, 5.74) is -2.67. The topological polar surface area (TPSA) is 75.4 Å². The highest BCUT2D eigenvalue weighted by Gasteiger charge is 2.58. The van der Waals surface area contributed by atoms with Gasteiger partial charge in [-0.05, 0) is 25.5 Å². The highest BCUT2D eigenvalue weighted by Crippen LogP contribution is 2.42. The van der Waals surface area contributed by atoms with Crippen molar-refractivity contribution >= 4 is 22.4 Å². The molecule has 9 heteroatoms. The van der Waals surface area contributed by atoms with Gasteiger partial charge in [-0.2, -0.15) is 13.2 Å². The lowest BCUT2D eigenvalue weighted by Gasteiger charge is -2.27. The van der Waals surface area contributed by atoms with Gasteiger partial charge in [0.2, 0.25) is 11.5 Å². The van der Waals surface area contributed by atoms with Crippen LogP contribution in [0.25, 0.3) is 0 Å². The van der Waals surface area contributed by atoms with Gasteiger partial charge in [0, 0.05) is 5.38 Å². The fourth-order valence-corrected chi connectivity index (χ4v) is 2.72. The van der Waals surface area contributed by atoms with Crippen LogP contribution < -0.4 is 5.32 Å². The van der Waals surface area contributed by atoms with E-state index in [4.69, 9.17) is 4.42 Å². The number of aromatic nitrogens is 1. The molecule has 0 aliphatic heterocycles. The smallest absolute Gasteiger partial charge is 0.425 e. The van der Waals surface area contributed by atoms with Crippen molar-refractivity contribution in [1.82, 2.24) is 4.98 Å². The Hall–Kier alpha value is -1.87. The minimum atomic E-state index is -5.06.